The largest absolute Gasteiger partial charge is 0.455 e. The second kappa shape index (κ2) is 5.92. The highest BCUT2D eigenvalue weighted by atomic mass is 32.1. The van der Waals surface area contributed by atoms with Crippen LogP contribution in [0, 0.1) is 5.92 Å². The predicted molar refractivity (Wildman–Crippen MR) is 103 cm³/mol. The van der Waals surface area contributed by atoms with Gasteiger partial charge in [0.1, 0.15) is 5.60 Å². The molecule has 3 saturated heterocycles. The molecule has 0 radical (unpaired) electrons. The first-order chi connectivity index (χ1) is 12.6. The zero-order chi connectivity index (χ0) is 17.7. The molecule has 1 atom stereocenters. The van der Waals surface area contributed by atoms with E-state index >= 15 is 0 Å². The monoisotopic (exact) mass is 371 g/mol. The Morgan fingerprint density at radius 1 is 1.38 bits per heavy atom. The van der Waals surface area contributed by atoms with Crippen molar-refractivity contribution in [2.45, 2.75) is 25.4 Å². The van der Waals surface area contributed by atoms with Gasteiger partial charge in [-0.05, 0) is 44.1 Å². The summed E-state index contributed by atoms with van der Waals surface area (Å²) in [4.78, 5) is 22.9. The number of nitrogens with zero attached hydrogens (tertiary/aromatic N) is 3. The molecule has 4 aliphatic heterocycles. The lowest BCUT2D eigenvalue weighted by molar-refractivity contribution is -0.114. The predicted octanol–water partition coefficient (Wildman–Crippen LogP) is 2.52. The maximum absolute atomic E-state index is 11.2. The van der Waals surface area contributed by atoms with Crippen molar-refractivity contribution in [2.24, 2.45) is 10.9 Å². The number of aromatic nitrogens is 1. The van der Waals surface area contributed by atoms with Gasteiger partial charge in [0.05, 0.1) is 16.8 Å². The molecular weight excluding hydrogens is 350 g/mol. The van der Waals surface area contributed by atoms with Crippen LogP contribution < -0.4 is 10.6 Å². The minimum Gasteiger partial charge on any atom is -0.455 e. The van der Waals surface area contributed by atoms with E-state index in [9.17, 15) is 4.79 Å². The third kappa shape index (κ3) is 2.73. The van der Waals surface area contributed by atoms with Gasteiger partial charge in [-0.2, -0.15) is 0 Å². The van der Waals surface area contributed by atoms with Crippen LogP contribution in [0.4, 0.5) is 10.8 Å². The first kappa shape index (κ1) is 16.0. The van der Waals surface area contributed by atoms with Gasteiger partial charge in [-0.3, -0.25) is 15.0 Å². The normalized spacial score (nSPS) is 29.7. The van der Waals surface area contributed by atoms with Crippen LogP contribution in [0.3, 0.4) is 0 Å². The highest BCUT2D eigenvalue weighted by Crippen LogP contribution is 2.41. The summed E-state index contributed by atoms with van der Waals surface area (Å²) in [6.07, 6.45) is 2.41. The minimum atomic E-state index is -0.145. The number of anilines is 2. The second-order valence-electron chi connectivity index (χ2n) is 7.35. The van der Waals surface area contributed by atoms with Crippen LogP contribution in [0.15, 0.2) is 23.2 Å². The topological polar surface area (TPSA) is 78.8 Å². The third-order valence-corrected chi connectivity index (χ3v) is 6.47. The number of nitrogens with one attached hydrogen (secondary N) is 2. The smallest absolute Gasteiger partial charge is 0.291 e. The van der Waals surface area contributed by atoms with E-state index in [1.165, 1.54) is 44.2 Å². The number of hydrogen-bond acceptors (Lipinski definition) is 7. The fourth-order valence-electron chi connectivity index (χ4n) is 4.30. The van der Waals surface area contributed by atoms with E-state index in [1.807, 2.05) is 18.2 Å². The number of aliphatic imine (C=N–C) groups is 1. The molecule has 1 spiro atoms. The second-order valence-corrected chi connectivity index (χ2v) is 8.38. The molecule has 0 saturated carbocycles. The van der Waals surface area contributed by atoms with Crippen molar-refractivity contribution in [3.8, 4) is 0 Å². The number of piperidine rings is 3. The average Bonchev–Trinajstić information content (AvgIpc) is 3.19. The Hall–Kier alpha value is -2.19. The summed E-state index contributed by atoms with van der Waals surface area (Å²) in [6.45, 7) is 5.59. The molecule has 136 valence electrons. The third-order valence-electron chi connectivity index (χ3n) is 5.54. The van der Waals surface area contributed by atoms with Crippen molar-refractivity contribution in [3.63, 3.8) is 0 Å². The summed E-state index contributed by atoms with van der Waals surface area (Å²) in [5, 5.41) is 6.81. The number of benzene rings is 1. The first-order valence-corrected chi connectivity index (χ1v) is 9.82. The maximum atomic E-state index is 11.2. The van der Waals surface area contributed by atoms with Crippen molar-refractivity contribution >= 4 is 44.3 Å². The zero-order valence-electron chi connectivity index (χ0n) is 14.6. The molecule has 8 heteroatoms. The van der Waals surface area contributed by atoms with Crippen LogP contribution in [-0.4, -0.2) is 53.6 Å². The number of amides is 1. The molecule has 0 aliphatic carbocycles. The summed E-state index contributed by atoms with van der Waals surface area (Å²) in [6, 6.07) is 6.29. The highest BCUT2D eigenvalue weighted by molar-refractivity contribution is 7.22. The van der Waals surface area contributed by atoms with E-state index in [0.29, 0.717) is 11.9 Å². The molecule has 1 aromatic carbocycles. The quantitative estimate of drug-likeness (QED) is 0.848. The molecule has 4 aliphatic rings. The molecule has 2 aromatic rings. The summed E-state index contributed by atoms with van der Waals surface area (Å²) < 4.78 is 7.32. The molecule has 2 bridgehead atoms. The van der Waals surface area contributed by atoms with Gasteiger partial charge in [0.15, 0.2) is 5.13 Å². The maximum Gasteiger partial charge on any atom is 0.291 e. The standard InChI is InChI=1S/C18H21N5O2S/c1-11(24)20-13-2-3-14-15(8-13)26-17(21-14)22-16-19-9-18(25-16)10-23-6-4-12(18)5-7-23/h2-3,8,12H,4-7,9-10H2,1H3,(H,20,24)(H,19,21,22)/t18-/m0/s1. The SMILES string of the molecule is CC(=O)Nc1ccc2nc(NC3=NC[C@@]4(CN5CCC4CC5)O3)sc2c1. The van der Waals surface area contributed by atoms with Crippen LogP contribution in [0.1, 0.15) is 19.8 Å². The minimum absolute atomic E-state index is 0.0799. The van der Waals surface area contributed by atoms with Gasteiger partial charge in [-0.1, -0.05) is 11.3 Å². The van der Waals surface area contributed by atoms with Crippen LogP contribution in [0.25, 0.3) is 10.2 Å². The van der Waals surface area contributed by atoms with Gasteiger partial charge in [0.25, 0.3) is 6.02 Å². The van der Waals surface area contributed by atoms with Crippen LogP contribution in [0.5, 0.6) is 0 Å². The Labute approximate surface area is 155 Å². The van der Waals surface area contributed by atoms with Gasteiger partial charge in [0.2, 0.25) is 5.91 Å². The van der Waals surface area contributed by atoms with Gasteiger partial charge in [-0.25, -0.2) is 9.98 Å². The number of carbonyl (C=O) groups is 1. The molecule has 1 amide bonds. The summed E-state index contributed by atoms with van der Waals surface area (Å²) in [5.41, 5.74) is 1.53. The van der Waals surface area contributed by atoms with E-state index in [2.05, 4.69) is 25.5 Å². The molecular formula is C18H21N5O2S. The number of amidine groups is 1. The van der Waals surface area contributed by atoms with Crippen molar-refractivity contribution < 1.29 is 9.53 Å². The highest BCUT2D eigenvalue weighted by Gasteiger charge is 2.51. The zero-order valence-corrected chi connectivity index (χ0v) is 15.4. The van der Waals surface area contributed by atoms with E-state index in [0.717, 1.165) is 34.1 Å². The molecule has 1 aromatic heterocycles. The summed E-state index contributed by atoms with van der Waals surface area (Å²) in [7, 11) is 0. The Balaban J connectivity index is 1.31. The summed E-state index contributed by atoms with van der Waals surface area (Å²) in [5.74, 6) is 0.523. The van der Waals surface area contributed by atoms with Crippen molar-refractivity contribution in [3.05, 3.63) is 18.2 Å². The number of rotatable bonds is 2. The average molecular weight is 371 g/mol. The number of hydrogen-bond donors (Lipinski definition) is 2. The lowest BCUT2D eigenvalue weighted by Crippen LogP contribution is -2.61. The Morgan fingerprint density at radius 3 is 2.96 bits per heavy atom. The molecule has 2 N–H and O–H groups in total. The first-order valence-electron chi connectivity index (χ1n) is 9.01. The van der Waals surface area contributed by atoms with Crippen LogP contribution in [0.2, 0.25) is 0 Å². The number of carbonyl (C=O) groups excluding carboxylic acids is 1. The number of fused-ring (bicyclic) bond motifs is 3. The lowest BCUT2D eigenvalue weighted by atomic mass is 9.75. The molecule has 5 heterocycles. The number of ether oxygens (including phenoxy) is 1. The van der Waals surface area contributed by atoms with Gasteiger partial charge < -0.3 is 10.1 Å². The van der Waals surface area contributed by atoms with Gasteiger partial charge in [0, 0.05) is 25.1 Å². The van der Waals surface area contributed by atoms with E-state index in [4.69, 9.17) is 4.74 Å². The molecule has 0 unspecified atom stereocenters. The van der Waals surface area contributed by atoms with Gasteiger partial charge in [-0.15, -0.1) is 0 Å². The Kier molecular flexibility index (Phi) is 3.65. The number of thiazole rings is 1. The fourth-order valence-corrected chi connectivity index (χ4v) is 5.19. The Morgan fingerprint density at radius 2 is 2.23 bits per heavy atom. The van der Waals surface area contributed by atoms with Crippen molar-refractivity contribution in [1.29, 1.82) is 0 Å². The van der Waals surface area contributed by atoms with Crippen LogP contribution in [-0.2, 0) is 9.53 Å². The van der Waals surface area contributed by atoms with E-state index in [1.54, 1.807) is 0 Å². The fraction of sp³-hybridized carbons (Fsp3) is 0.500. The van der Waals surface area contributed by atoms with Crippen molar-refractivity contribution in [2.75, 3.05) is 36.8 Å². The molecule has 26 heavy (non-hydrogen) atoms. The summed E-state index contributed by atoms with van der Waals surface area (Å²) >= 11 is 1.53. The van der Waals surface area contributed by atoms with Crippen molar-refractivity contribution in [1.82, 2.24) is 9.88 Å². The van der Waals surface area contributed by atoms with Gasteiger partial charge >= 0.3 is 0 Å². The lowest BCUT2D eigenvalue weighted by Gasteiger charge is -2.50. The van der Waals surface area contributed by atoms with E-state index in [-0.39, 0.29) is 11.5 Å². The Bertz CT molecular complexity index is 902. The van der Waals surface area contributed by atoms with E-state index < -0.39 is 0 Å². The molecule has 6 rings (SSSR count). The molecule has 7 nitrogen and oxygen atoms in total. The molecule has 3 fully saturated rings. The van der Waals surface area contributed by atoms with Crippen LogP contribution >= 0.6 is 11.3 Å².